The maximum absolute atomic E-state index is 11.9. The van der Waals surface area contributed by atoms with Gasteiger partial charge in [-0.25, -0.2) is 4.79 Å². The van der Waals surface area contributed by atoms with Gasteiger partial charge in [0, 0.05) is 6.08 Å². The van der Waals surface area contributed by atoms with Gasteiger partial charge in [0.2, 0.25) is 0 Å². The van der Waals surface area contributed by atoms with E-state index in [-0.39, 0.29) is 19.8 Å². The predicted octanol–water partition coefficient (Wildman–Crippen LogP) is 2.21. The molecule has 1 heterocycles. The Bertz CT molecular complexity index is 581. The summed E-state index contributed by atoms with van der Waals surface area (Å²) in [5.41, 5.74) is 1.61. The number of hydrogen-bond donors (Lipinski definition) is 1. The van der Waals surface area contributed by atoms with Crippen molar-refractivity contribution in [2.45, 2.75) is 45.4 Å². The zero-order valence-electron chi connectivity index (χ0n) is 14.9. The molecular weight excluding hydrogens is 324 g/mol. The number of carbonyl (C=O) groups excluding carboxylic acids is 1. The maximum atomic E-state index is 11.9. The van der Waals surface area contributed by atoms with Crippen LogP contribution in [0.4, 0.5) is 0 Å². The molecule has 0 aliphatic carbocycles. The molecule has 0 bridgehead atoms. The average molecular weight is 350 g/mol. The summed E-state index contributed by atoms with van der Waals surface area (Å²) in [6.45, 7) is 5.92. The Labute approximate surface area is 148 Å². The van der Waals surface area contributed by atoms with Crippen LogP contribution in [0, 0.1) is 0 Å². The van der Waals surface area contributed by atoms with Gasteiger partial charge in [0.1, 0.15) is 12.2 Å². The Hall–Kier alpha value is -1.73. The molecule has 0 spiro atoms. The number of hydrogen-bond acceptors (Lipinski definition) is 6. The van der Waals surface area contributed by atoms with E-state index in [1.54, 1.807) is 20.8 Å². The van der Waals surface area contributed by atoms with Crippen molar-refractivity contribution in [3.63, 3.8) is 0 Å². The predicted molar refractivity (Wildman–Crippen MR) is 91.7 cm³/mol. The summed E-state index contributed by atoms with van der Waals surface area (Å²) in [5, 5.41) is 9.57. The lowest BCUT2D eigenvalue weighted by Gasteiger charge is -2.19. The Morgan fingerprint density at radius 3 is 2.64 bits per heavy atom. The normalized spacial score (nSPS) is 22.8. The number of benzene rings is 1. The molecular formula is C19H26O6. The minimum absolute atomic E-state index is 0.175. The van der Waals surface area contributed by atoms with Gasteiger partial charge in [-0.2, -0.15) is 0 Å². The van der Waals surface area contributed by atoms with Gasteiger partial charge in [-0.1, -0.05) is 30.3 Å². The second-order valence-corrected chi connectivity index (χ2v) is 6.23. The molecule has 1 aromatic rings. The molecule has 1 aliphatic rings. The molecule has 6 nitrogen and oxygen atoms in total. The van der Waals surface area contributed by atoms with Crippen LogP contribution >= 0.6 is 0 Å². The molecule has 0 radical (unpaired) electrons. The fourth-order valence-corrected chi connectivity index (χ4v) is 2.69. The molecule has 6 heteroatoms. The minimum atomic E-state index is -0.842. The minimum Gasteiger partial charge on any atom is -0.463 e. The summed E-state index contributed by atoms with van der Waals surface area (Å²) >= 11 is 0. The molecule has 0 unspecified atom stereocenters. The number of ether oxygens (including phenoxy) is 4. The van der Waals surface area contributed by atoms with Crippen LogP contribution in [0.3, 0.4) is 0 Å². The molecule has 1 aromatic carbocycles. The second kappa shape index (κ2) is 9.10. The standard InChI is InChI=1S/C19H26O6/c1-4-23-17(21)10-15(13-22-12-14-8-6-5-7-9-14)18-16(11-20)24-19(2,3)25-18/h5-10,16,18,20H,4,11-13H2,1-3H3/b15-10-/t16-,18-/m1/s1. The molecule has 1 fully saturated rings. The highest BCUT2D eigenvalue weighted by Crippen LogP contribution is 2.32. The first-order chi connectivity index (χ1) is 11.9. The van der Waals surface area contributed by atoms with Crippen molar-refractivity contribution < 1.29 is 28.8 Å². The van der Waals surface area contributed by atoms with Gasteiger partial charge in [-0.3, -0.25) is 0 Å². The molecule has 0 aromatic heterocycles. The molecule has 1 saturated heterocycles. The number of aliphatic hydroxyl groups is 1. The maximum Gasteiger partial charge on any atom is 0.330 e. The first kappa shape index (κ1) is 19.6. The largest absolute Gasteiger partial charge is 0.463 e. The van der Waals surface area contributed by atoms with Gasteiger partial charge in [0.05, 0.1) is 26.4 Å². The molecule has 1 N–H and O–H groups in total. The monoisotopic (exact) mass is 350 g/mol. The van der Waals surface area contributed by atoms with Crippen molar-refractivity contribution in [1.29, 1.82) is 0 Å². The molecule has 2 atom stereocenters. The third-order valence-corrected chi connectivity index (χ3v) is 3.70. The summed E-state index contributed by atoms with van der Waals surface area (Å²) in [6, 6.07) is 9.74. The van der Waals surface area contributed by atoms with Crippen LogP contribution in [-0.4, -0.2) is 48.9 Å². The third kappa shape index (κ3) is 5.93. The number of carbonyl (C=O) groups is 1. The van der Waals surface area contributed by atoms with Crippen LogP contribution in [0.25, 0.3) is 0 Å². The van der Waals surface area contributed by atoms with E-state index < -0.39 is 24.0 Å². The van der Waals surface area contributed by atoms with Crippen LogP contribution in [0.1, 0.15) is 26.3 Å². The Morgan fingerprint density at radius 2 is 2.00 bits per heavy atom. The summed E-state index contributed by atoms with van der Waals surface area (Å²) in [6.07, 6.45) is 0.239. The lowest BCUT2D eigenvalue weighted by atomic mass is 10.1. The van der Waals surface area contributed by atoms with Crippen molar-refractivity contribution in [3.05, 3.63) is 47.5 Å². The number of rotatable bonds is 8. The van der Waals surface area contributed by atoms with Gasteiger partial charge in [0.15, 0.2) is 5.79 Å². The number of aliphatic hydroxyl groups excluding tert-OH is 1. The molecule has 0 saturated carbocycles. The summed E-state index contributed by atoms with van der Waals surface area (Å²) in [4.78, 5) is 11.9. The lowest BCUT2D eigenvalue weighted by Crippen LogP contribution is -2.30. The SMILES string of the molecule is CCOC(=O)/C=C(/COCc1ccccc1)[C@H]1OC(C)(C)O[C@@H]1CO. The van der Waals surface area contributed by atoms with Crippen molar-refractivity contribution >= 4 is 5.97 Å². The van der Waals surface area contributed by atoms with Gasteiger partial charge in [0.25, 0.3) is 0 Å². The quantitative estimate of drug-likeness (QED) is 0.572. The van der Waals surface area contributed by atoms with Gasteiger partial charge >= 0.3 is 5.97 Å². The van der Waals surface area contributed by atoms with E-state index in [1.165, 1.54) is 6.08 Å². The zero-order valence-corrected chi connectivity index (χ0v) is 14.9. The molecule has 0 amide bonds. The van der Waals surface area contributed by atoms with E-state index in [4.69, 9.17) is 18.9 Å². The van der Waals surface area contributed by atoms with Crippen molar-refractivity contribution in [2.75, 3.05) is 19.8 Å². The van der Waals surface area contributed by atoms with Crippen LogP contribution < -0.4 is 0 Å². The summed E-state index contributed by atoms with van der Waals surface area (Å²) in [5.74, 6) is -1.31. The summed E-state index contributed by atoms with van der Waals surface area (Å²) < 4.78 is 22.3. The smallest absolute Gasteiger partial charge is 0.330 e. The molecule has 138 valence electrons. The van der Waals surface area contributed by atoms with Gasteiger partial charge in [-0.15, -0.1) is 0 Å². The Kier molecular flexibility index (Phi) is 7.13. The van der Waals surface area contributed by atoms with Crippen molar-refractivity contribution in [3.8, 4) is 0 Å². The van der Waals surface area contributed by atoms with Crippen LogP contribution in [0.15, 0.2) is 42.0 Å². The fourth-order valence-electron chi connectivity index (χ4n) is 2.69. The molecule has 1 aliphatic heterocycles. The number of esters is 1. The topological polar surface area (TPSA) is 74.2 Å². The van der Waals surface area contributed by atoms with Crippen LogP contribution in [0.5, 0.6) is 0 Å². The fraction of sp³-hybridized carbons (Fsp3) is 0.526. The van der Waals surface area contributed by atoms with E-state index in [1.807, 2.05) is 30.3 Å². The third-order valence-electron chi connectivity index (χ3n) is 3.70. The molecule has 2 rings (SSSR count). The Balaban J connectivity index is 2.08. The van der Waals surface area contributed by atoms with Crippen molar-refractivity contribution in [2.24, 2.45) is 0 Å². The lowest BCUT2D eigenvalue weighted by molar-refractivity contribution is -0.147. The van der Waals surface area contributed by atoms with E-state index in [0.29, 0.717) is 12.2 Å². The average Bonchev–Trinajstić information content (AvgIpc) is 2.90. The van der Waals surface area contributed by atoms with E-state index in [2.05, 4.69) is 0 Å². The zero-order chi connectivity index (χ0) is 18.3. The highest BCUT2D eigenvalue weighted by molar-refractivity contribution is 5.83. The highest BCUT2D eigenvalue weighted by atomic mass is 16.8. The van der Waals surface area contributed by atoms with E-state index in [0.717, 1.165) is 5.56 Å². The molecule has 25 heavy (non-hydrogen) atoms. The first-order valence-corrected chi connectivity index (χ1v) is 8.40. The highest BCUT2D eigenvalue weighted by Gasteiger charge is 2.42. The van der Waals surface area contributed by atoms with Crippen molar-refractivity contribution in [1.82, 2.24) is 0 Å². The van der Waals surface area contributed by atoms with Crippen LogP contribution in [-0.2, 0) is 30.3 Å². The van der Waals surface area contributed by atoms with Gasteiger partial charge < -0.3 is 24.1 Å². The van der Waals surface area contributed by atoms with E-state index >= 15 is 0 Å². The summed E-state index contributed by atoms with van der Waals surface area (Å²) in [7, 11) is 0. The first-order valence-electron chi connectivity index (χ1n) is 8.40. The van der Waals surface area contributed by atoms with Crippen LogP contribution in [0.2, 0.25) is 0 Å². The van der Waals surface area contributed by atoms with E-state index in [9.17, 15) is 9.90 Å². The Morgan fingerprint density at radius 1 is 1.28 bits per heavy atom. The second-order valence-electron chi connectivity index (χ2n) is 6.23. The van der Waals surface area contributed by atoms with Gasteiger partial charge in [-0.05, 0) is 31.9 Å².